The number of carbonyl (C=O) groups is 1. The zero-order valence-electron chi connectivity index (χ0n) is 12.9. The maximum absolute atomic E-state index is 12.1. The van der Waals surface area contributed by atoms with Gasteiger partial charge in [-0.3, -0.25) is 9.69 Å². The fraction of sp³-hybridized carbons (Fsp3) is 0.941. The summed E-state index contributed by atoms with van der Waals surface area (Å²) in [6.07, 6.45) is 11.2. The van der Waals surface area contributed by atoms with Gasteiger partial charge in [-0.25, -0.2) is 0 Å². The molecule has 0 aliphatic heterocycles. The molecule has 0 heterocycles. The Labute approximate surface area is 118 Å². The molecule has 2 aliphatic rings. The molecule has 110 valence electrons. The second-order valence-corrected chi connectivity index (χ2v) is 7.02. The highest BCUT2D eigenvalue weighted by molar-refractivity contribution is 5.81. The van der Waals surface area contributed by atoms with Gasteiger partial charge in [-0.15, -0.1) is 0 Å². The first-order valence-corrected chi connectivity index (χ1v) is 8.43. The summed E-state index contributed by atoms with van der Waals surface area (Å²) in [5.74, 6) is 1.66. The van der Waals surface area contributed by atoms with Gasteiger partial charge < -0.3 is 0 Å². The van der Waals surface area contributed by atoms with E-state index in [4.69, 9.17) is 0 Å². The maximum atomic E-state index is 12.1. The minimum absolute atomic E-state index is 0.349. The number of rotatable bonds is 6. The van der Waals surface area contributed by atoms with Crippen LogP contribution in [-0.4, -0.2) is 29.8 Å². The molecule has 1 atom stereocenters. The fourth-order valence-corrected chi connectivity index (χ4v) is 3.65. The van der Waals surface area contributed by atoms with E-state index in [1.54, 1.807) is 0 Å². The summed E-state index contributed by atoms with van der Waals surface area (Å²) in [5.41, 5.74) is 0. The summed E-state index contributed by atoms with van der Waals surface area (Å²) in [6.45, 7) is 6.86. The Kier molecular flexibility index (Phi) is 5.87. The molecule has 0 spiro atoms. The Morgan fingerprint density at radius 1 is 1.11 bits per heavy atom. The van der Waals surface area contributed by atoms with Crippen molar-refractivity contribution < 1.29 is 4.79 Å². The Balaban J connectivity index is 1.89. The molecule has 2 heteroatoms. The van der Waals surface area contributed by atoms with E-state index in [-0.39, 0.29) is 0 Å². The Bertz CT molecular complexity index is 281. The molecule has 2 nitrogen and oxygen atoms in total. The molecular weight excluding hydrogens is 234 g/mol. The van der Waals surface area contributed by atoms with Gasteiger partial charge in [0, 0.05) is 24.9 Å². The van der Waals surface area contributed by atoms with Crippen LogP contribution in [0.1, 0.15) is 71.6 Å². The molecule has 0 saturated heterocycles. The van der Waals surface area contributed by atoms with E-state index in [0.717, 1.165) is 37.8 Å². The van der Waals surface area contributed by atoms with Crippen LogP contribution in [0, 0.1) is 11.8 Å². The Hall–Kier alpha value is -0.370. The van der Waals surface area contributed by atoms with E-state index in [1.165, 1.54) is 45.1 Å². The van der Waals surface area contributed by atoms with Crippen LogP contribution < -0.4 is 0 Å². The lowest BCUT2D eigenvalue weighted by atomic mass is 9.87. The zero-order valence-corrected chi connectivity index (χ0v) is 12.9. The number of Topliss-reactive ketones (excluding diaryl/α,β-unsaturated/α-hetero) is 1. The lowest BCUT2D eigenvalue weighted by Crippen LogP contribution is -2.41. The van der Waals surface area contributed by atoms with Crippen LogP contribution in [0.2, 0.25) is 0 Å². The van der Waals surface area contributed by atoms with Crippen LogP contribution in [0.5, 0.6) is 0 Å². The van der Waals surface area contributed by atoms with Gasteiger partial charge in [0.25, 0.3) is 0 Å². The van der Waals surface area contributed by atoms with Crippen molar-refractivity contribution in [1.29, 1.82) is 0 Å². The maximum Gasteiger partial charge on any atom is 0.137 e. The lowest BCUT2D eigenvalue weighted by molar-refractivity contribution is -0.125. The van der Waals surface area contributed by atoms with Gasteiger partial charge in [0.1, 0.15) is 5.78 Å². The van der Waals surface area contributed by atoms with E-state index in [2.05, 4.69) is 18.7 Å². The molecular formula is C17H31NO. The number of carbonyl (C=O) groups excluding carboxylic acids is 1. The average Bonchev–Trinajstić information content (AvgIpc) is 2.90. The normalized spacial score (nSPS) is 25.7. The Morgan fingerprint density at radius 2 is 1.79 bits per heavy atom. The van der Waals surface area contributed by atoms with Crippen molar-refractivity contribution in [2.24, 2.45) is 11.8 Å². The zero-order chi connectivity index (χ0) is 13.7. The third-order valence-corrected chi connectivity index (χ3v) is 4.97. The summed E-state index contributed by atoms with van der Waals surface area (Å²) in [7, 11) is 0. The van der Waals surface area contributed by atoms with Gasteiger partial charge in [0.2, 0.25) is 0 Å². The lowest BCUT2D eigenvalue weighted by Gasteiger charge is -2.33. The number of nitrogens with zero attached hydrogens (tertiary/aromatic N) is 1. The highest BCUT2D eigenvalue weighted by atomic mass is 16.1. The summed E-state index contributed by atoms with van der Waals surface area (Å²) in [5, 5.41) is 0. The second-order valence-electron chi connectivity index (χ2n) is 7.02. The van der Waals surface area contributed by atoms with Crippen LogP contribution in [0.25, 0.3) is 0 Å². The Morgan fingerprint density at radius 3 is 2.42 bits per heavy atom. The standard InChI is InChI=1S/C17H31NO/c1-14(2)11-12-18(16-8-4-5-9-16)13-15-7-3-6-10-17(15)19/h14-16H,3-13H2,1-2H3. The van der Waals surface area contributed by atoms with Crippen LogP contribution in [0.3, 0.4) is 0 Å². The summed E-state index contributed by atoms with van der Waals surface area (Å²) < 4.78 is 0. The summed E-state index contributed by atoms with van der Waals surface area (Å²) >= 11 is 0. The van der Waals surface area contributed by atoms with Crippen molar-refractivity contribution in [3.05, 3.63) is 0 Å². The van der Waals surface area contributed by atoms with Crippen LogP contribution in [0.4, 0.5) is 0 Å². The van der Waals surface area contributed by atoms with Crippen molar-refractivity contribution in [3.63, 3.8) is 0 Å². The second kappa shape index (κ2) is 7.42. The first-order valence-electron chi connectivity index (χ1n) is 8.43. The highest BCUT2D eigenvalue weighted by Crippen LogP contribution is 2.28. The summed E-state index contributed by atoms with van der Waals surface area (Å²) in [6, 6.07) is 0.772. The number of hydrogen-bond acceptors (Lipinski definition) is 2. The molecule has 2 saturated carbocycles. The molecule has 0 N–H and O–H groups in total. The third kappa shape index (κ3) is 4.59. The summed E-state index contributed by atoms with van der Waals surface area (Å²) in [4.78, 5) is 14.7. The van der Waals surface area contributed by atoms with Gasteiger partial charge in [-0.05, 0) is 44.6 Å². The first kappa shape index (κ1) is 15.0. The van der Waals surface area contributed by atoms with Crippen LogP contribution in [-0.2, 0) is 4.79 Å². The SMILES string of the molecule is CC(C)CCN(CC1CCCCC1=O)C1CCCC1. The number of ketones is 1. The van der Waals surface area contributed by atoms with Crippen molar-refractivity contribution >= 4 is 5.78 Å². The minimum Gasteiger partial charge on any atom is -0.300 e. The van der Waals surface area contributed by atoms with Crippen LogP contribution in [0.15, 0.2) is 0 Å². The van der Waals surface area contributed by atoms with Crippen molar-refractivity contribution in [2.45, 2.75) is 77.7 Å². The predicted octanol–water partition coefficient (Wildman–Crippen LogP) is 4.04. The number of hydrogen-bond donors (Lipinski definition) is 0. The third-order valence-electron chi connectivity index (χ3n) is 4.97. The average molecular weight is 265 g/mol. The molecule has 0 amide bonds. The molecule has 0 aromatic carbocycles. The highest BCUT2D eigenvalue weighted by Gasteiger charge is 2.29. The van der Waals surface area contributed by atoms with E-state index in [9.17, 15) is 4.79 Å². The molecule has 0 bridgehead atoms. The molecule has 0 aromatic rings. The molecule has 2 aliphatic carbocycles. The van der Waals surface area contributed by atoms with Gasteiger partial charge in [-0.1, -0.05) is 33.1 Å². The first-order chi connectivity index (χ1) is 9.16. The van der Waals surface area contributed by atoms with Gasteiger partial charge in [-0.2, -0.15) is 0 Å². The molecule has 2 fully saturated rings. The van der Waals surface area contributed by atoms with E-state index >= 15 is 0 Å². The quantitative estimate of drug-likeness (QED) is 0.722. The fourth-order valence-electron chi connectivity index (χ4n) is 3.65. The van der Waals surface area contributed by atoms with E-state index < -0.39 is 0 Å². The van der Waals surface area contributed by atoms with Crippen molar-refractivity contribution in [1.82, 2.24) is 4.90 Å². The van der Waals surface area contributed by atoms with E-state index in [0.29, 0.717) is 11.7 Å². The van der Waals surface area contributed by atoms with Crippen molar-refractivity contribution in [2.75, 3.05) is 13.1 Å². The topological polar surface area (TPSA) is 20.3 Å². The molecule has 0 aromatic heterocycles. The molecule has 2 rings (SSSR count). The van der Waals surface area contributed by atoms with E-state index in [1.807, 2.05) is 0 Å². The predicted molar refractivity (Wildman–Crippen MR) is 80.2 cm³/mol. The van der Waals surface area contributed by atoms with Gasteiger partial charge in [0.05, 0.1) is 0 Å². The van der Waals surface area contributed by atoms with Gasteiger partial charge >= 0.3 is 0 Å². The van der Waals surface area contributed by atoms with Gasteiger partial charge in [0.15, 0.2) is 0 Å². The molecule has 0 radical (unpaired) electrons. The molecule has 1 unspecified atom stereocenters. The monoisotopic (exact) mass is 265 g/mol. The minimum atomic E-state index is 0.349. The molecule has 19 heavy (non-hydrogen) atoms. The van der Waals surface area contributed by atoms with Crippen LogP contribution >= 0.6 is 0 Å². The largest absolute Gasteiger partial charge is 0.300 e. The van der Waals surface area contributed by atoms with Crippen molar-refractivity contribution in [3.8, 4) is 0 Å². The smallest absolute Gasteiger partial charge is 0.137 e.